The molecule has 0 aliphatic carbocycles. The summed E-state index contributed by atoms with van der Waals surface area (Å²) in [6, 6.07) is 24.4. The molecular formula is C21H22N2O2. The number of rotatable bonds is 6. The third-order valence-corrected chi connectivity index (χ3v) is 4.49. The first-order chi connectivity index (χ1) is 12.1. The summed E-state index contributed by atoms with van der Waals surface area (Å²) in [6.07, 6.45) is -0.150. The summed E-state index contributed by atoms with van der Waals surface area (Å²) in [5.41, 5.74) is 13.8. The van der Waals surface area contributed by atoms with Crippen LogP contribution in [0.2, 0.25) is 0 Å². The standard InChI is InChI=1S/C21H22N2O2/c22-20(16-7-2-1-3-8-16)19(12-13-25-21(23)24)18-11-10-15-6-4-5-9-17(15)14-18/h1-11,14,19-20H,12-13,22H2,(H2,23,24)/t19-,20+/m0/s1. The van der Waals surface area contributed by atoms with E-state index in [0.29, 0.717) is 6.42 Å². The van der Waals surface area contributed by atoms with E-state index in [9.17, 15) is 4.79 Å². The van der Waals surface area contributed by atoms with E-state index in [1.54, 1.807) is 0 Å². The quantitative estimate of drug-likeness (QED) is 0.712. The Morgan fingerprint density at radius 2 is 1.56 bits per heavy atom. The van der Waals surface area contributed by atoms with Crippen LogP contribution in [0.25, 0.3) is 10.8 Å². The van der Waals surface area contributed by atoms with Crippen LogP contribution < -0.4 is 11.5 Å². The summed E-state index contributed by atoms with van der Waals surface area (Å²) in [5.74, 6) is 0.0198. The van der Waals surface area contributed by atoms with Crippen molar-refractivity contribution in [3.05, 3.63) is 83.9 Å². The molecule has 2 atom stereocenters. The summed E-state index contributed by atoms with van der Waals surface area (Å²) in [4.78, 5) is 10.9. The van der Waals surface area contributed by atoms with Crippen molar-refractivity contribution in [1.29, 1.82) is 0 Å². The smallest absolute Gasteiger partial charge is 0.404 e. The molecule has 0 saturated heterocycles. The first kappa shape index (κ1) is 17.0. The van der Waals surface area contributed by atoms with Gasteiger partial charge in [-0.25, -0.2) is 4.79 Å². The van der Waals surface area contributed by atoms with E-state index in [-0.39, 0.29) is 18.6 Å². The first-order valence-corrected chi connectivity index (χ1v) is 8.36. The Kier molecular flexibility index (Phi) is 5.31. The van der Waals surface area contributed by atoms with E-state index in [0.717, 1.165) is 11.1 Å². The molecule has 3 rings (SSSR count). The first-order valence-electron chi connectivity index (χ1n) is 8.36. The van der Waals surface area contributed by atoms with Gasteiger partial charge in [0.2, 0.25) is 0 Å². The van der Waals surface area contributed by atoms with Gasteiger partial charge in [0.15, 0.2) is 0 Å². The molecule has 3 aromatic rings. The van der Waals surface area contributed by atoms with Crippen molar-refractivity contribution in [3.8, 4) is 0 Å². The Morgan fingerprint density at radius 1 is 0.880 bits per heavy atom. The van der Waals surface area contributed by atoms with Crippen molar-refractivity contribution in [2.45, 2.75) is 18.4 Å². The highest BCUT2D eigenvalue weighted by molar-refractivity contribution is 5.83. The lowest BCUT2D eigenvalue weighted by molar-refractivity contribution is 0.151. The number of fused-ring (bicyclic) bond motifs is 1. The Morgan fingerprint density at radius 3 is 2.28 bits per heavy atom. The molecule has 0 bridgehead atoms. The molecule has 0 aliphatic heterocycles. The van der Waals surface area contributed by atoms with Gasteiger partial charge in [0.25, 0.3) is 0 Å². The fraction of sp³-hybridized carbons (Fsp3) is 0.190. The fourth-order valence-corrected chi connectivity index (χ4v) is 3.19. The van der Waals surface area contributed by atoms with Gasteiger partial charge in [-0.15, -0.1) is 0 Å². The molecule has 4 nitrogen and oxygen atoms in total. The molecule has 0 radical (unpaired) electrons. The monoisotopic (exact) mass is 334 g/mol. The third-order valence-electron chi connectivity index (χ3n) is 4.49. The van der Waals surface area contributed by atoms with E-state index < -0.39 is 6.09 Å². The summed E-state index contributed by atoms with van der Waals surface area (Å²) in [6.45, 7) is 0.243. The molecule has 25 heavy (non-hydrogen) atoms. The average Bonchev–Trinajstić information content (AvgIpc) is 2.65. The SMILES string of the molecule is NC(=O)OCC[C@@H](c1ccc2ccccc2c1)[C@H](N)c1ccccc1. The fourth-order valence-electron chi connectivity index (χ4n) is 3.19. The van der Waals surface area contributed by atoms with Crippen molar-refractivity contribution < 1.29 is 9.53 Å². The maximum absolute atomic E-state index is 10.9. The van der Waals surface area contributed by atoms with E-state index in [2.05, 4.69) is 30.3 Å². The van der Waals surface area contributed by atoms with Crippen molar-refractivity contribution in [2.24, 2.45) is 11.5 Å². The Labute approximate surface area is 147 Å². The van der Waals surface area contributed by atoms with E-state index in [4.69, 9.17) is 16.2 Å². The Balaban J connectivity index is 1.92. The normalized spacial score (nSPS) is 13.3. The second kappa shape index (κ2) is 7.81. The molecule has 0 spiro atoms. The minimum Gasteiger partial charge on any atom is -0.450 e. The summed E-state index contributed by atoms with van der Waals surface area (Å²) < 4.78 is 4.95. The number of ether oxygens (including phenoxy) is 1. The molecule has 0 aromatic heterocycles. The molecule has 4 N–H and O–H groups in total. The van der Waals surface area contributed by atoms with E-state index in [1.165, 1.54) is 10.8 Å². The van der Waals surface area contributed by atoms with Crippen LogP contribution in [0.5, 0.6) is 0 Å². The van der Waals surface area contributed by atoms with Gasteiger partial charge in [0.05, 0.1) is 6.61 Å². The molecule has 128 valence electrons. The van der Waals surface area contributed by atoms with E-state index >= 15 is 0 Å². The highest BCUT2D eigenvalue weighted by Crippen LogP contribution is 2.33. The molecule has 0 unspecified atom stereocenters. The molecule has 0 saturated carbocycles. The molecule has 4 heteroatoms. The summed E-state index contributed by atoms with van der Waals surface area (Å²) in [5, 5.41) is 2.35. The lowest BCUT2D eigenvalue weighted by Gasteiger charge is -2.25. The van der Waals surface area contributed by atoms with Crippen molar-refractivity contribution in [2.75, 3.05) is 6.61 Å². The molecule has 0 aliphatic rings. The number of nitrogens with two attached hydrogens (primary N) is 2. The van der Waals surface area contributed by atoms with Crippen LogP contribution >= 0.6 is 0 Å². The van der Waals surface area contributed by atoms with Crippen LogP contribution in [0.3, 0.4) is 0 Å². The zero-order chi connectivity index (χ0) is 17.6. The average molecular weight is 334 g/mol. The minimum atomic E-state index is -0.759. The topological polar surface area (TPSA) is 78.3 Å². The number of amides is 1. The number of carbonyl (C=O) groups excluding carboxylic acids is 1. The Bertz CT molecular complexity index is 849. The van der Waals surface area contributed by atoms with Crippen LogP contribution in [0, 0.1) is 0 Å². The zero-order valence-electron chi connectivity index (χ0n) is 14.0. The summed E-state index contributed by atoms with van der Waals surface area (Å²) >= 11 is 0. The van der Waals surface area contributed by atoms with Crippen LogP contribution in [-0.2, 0) is 4.74 Å². The van der Waals surface area contributed by atoms with Crippen LogP contribution in [0.15, 0.2) is 72.8 Å². The molecule has 3 aromatic carbocycles. The van der Waals surface area contributed by atoms with Gasteiger partial charge in [-0.3, -0.25) is 0 Å². The molecule has 0 heterocycles. The lowest BCUT2D eigenvalue weighted by atomic mass is 9.84. The van der Waals surface area contributed by atoms with Crippen LogP contribution in [0.4, 0.5) is 4.79 Å². The second-order valence-electron chi connectivity index (χ2n) is 6.11. The van der Waals surface area contributed by atoms with Crippen LogP contribution in [0.1, 0.15) is 29.5 Å². The number of hydrogen-bond acceptors (Lipinski definition) is 3. The van der Waals surface area contributed by atoms with E-state index in [1.807, 2.05) is 42.5 Å². The number of hydrogen-bond donors (Lipinski definition) is 2. The highest BCUT2D eigenvalue weighted by Gasteiger charge is 2.22. The van der Waals surface area contributed by atoms with Gasteiger partial charge in [0.1, 0.15) is 0 Å². The predicted octanol–water partition coefficient (Wildman–Crippen LogP) is 4.11. The summed E-state index contributed by atoms with van der Waals surface area (Å²) in [7, 11) is 0. The number of primary amides is 1. The van der Waals surface area contributed by atoms with Crippen molar-refractivity contribution in [1.82, 2.24) is 0 Å². The van der Waals surface area contributed by atoms with Gasteiger partial charge in [0, 0.05) is 12.0 Å². The number of benzene rings is 3. The van der Waals surface area contributed by atoms with Gasteiger partial charge in [-0.1, -0.05) is 72.8 Å². The lowest BCUT2D eigenvalue weighted by Crippen LogP contribution is -2.23. The van der Waals surface area contributed by atoms with Crippen molar-refractivity contribution in [3.63, 3.8) is 0 Å². The number of carbonyl (C=O) groups is 1. The maximum atomic E-state index is 10.9. The zero-order valence-corrected chi connectivity index (χ0v) is 14.0. The molecule has 0 fully saturated rings. The maximum Gasteiger partial charge on any atom is 0.404 e. The predicted molar refractivity (Wildman–Crippen MR) is 100 cm³/mol. The largest absolute Gasteiger partial charge is 0.450 e. The van der Waals surface area contributed by atoms with Gasteiger partial charge in [-0.2, -0.15) is 0 Å². The second-order valence-corrected chi connectivity index (χ2v) is 6.11. The van der Waals surface area contributed by atoms with Crippen LogP contribution in [-0.4, -0.2) is 12.7 Å². The molecular weight excluding hydrogens is 312 g/mol. The molecule has 1 amide bonds. The minimum absolute atomic E-state index is 0.0198. The van der Waals surface area contributed by atoms with Gasteiger partial charge in [-0.05, 0) is 28.3 Å². The van der Waals surface area contributed by atoms with Gasteiger partial charge < -0.3 is 16.2 Å². The highest BCUT2D eigenvalue weighted by atomic mass is 16.5. The Hall–Kier alpha value is -2.85. The van der Waals surface area contributed by atoms with Gasteiger partial charge >= 0.3 is 6.09 Å². The van der Waals surface area contributed by atoms with Crippen molar-refractivity contribution >= 4 is 16.9 Å². The third kappa shape index (κ3) is 4.17.